The van der Waals surface area contributed by atoms with Crippen LogP contribution in [0.25, 0.3) is 0 Å². The van der Waals surface area contributed by atoms with Gasteiger partial charge in [0.25, 0.3) is 0 Å². The van der Waals surface area contributed by atoms with Crippen molar-refractivity contribution in [2.45, 2.75) is 6.10 Å². The molecule has 3 heteroatoms. The summed E-state index contributed by atoms with van der Waals surface area (Å²) in [6.45, 7) is -0.238. The number of aliphatic hydroxyl groups is 2. The lowest BCUT2D eigenvalue weighted by molar-refractivity contribution is -0.683. The van der Waals surface area contributed by atoms with Gasteiger partial charge in [0.2, 0.25) is 5.69 Å². The van der Waals surface area contributed by atoms with Gasteiger partial charge in [-0.15, -0.1) is 0 Å². The molecule has 1 aromatic rings. The quantitative estimate of drug-likeness (QED) is 0.566. The molecule has 0 radical (unpaired) electrons. The monoisotopic (exact) mass is 154 g/mol. The molecule has 11 heavy (non-hydrogen) atoms. The van der Waals surface area contributed by atoms with E-state index in [9.17, 15) is 5.11 Å². The van der Waals surface area contributed by atoms with Gasteiger partial charge in [-0.05, 0) is 0 Å². The molecular formula is C8H12NO2+. The summed E-state index contributed by atoms with van der Waals surface area (Å²) in [6.07, 6.45) is 1.05. The average Bonchev–Trinajstić information content (AvgIpc) is 2.04. The Bertz CT molecular complexity index is 237. The number of hydrogen-bond acceptors (Lipinski definition) is 2. The van der Waals surface area contributed by atoms with Crippen molar-refractivity contribution in [3.05, 3.63) is 30.1 Å². The van der Waals surface area contributed by atoms with Crippen LogP contribution in [0.5, 0.6) is 0 Å². The van der Waals surface area contributed by atoms with Crippen LogP contribution in [0.15, 0.2) is 24.4 Å². The number of aromatic nitrogens is 1. The zero-order chi connectivity index (χ0) is 8.27. The lowest BCUT2D eigenvalue weighted by Gasteiger charge is -2.03. The lowest BCUT2D eigenvalue weighted by atomic mass is 10.2. The van der Waals surface area contributed by atoms with E-state index >= 15 is 0 Å². The first-order valence-corrected chi connectivity index (χ1v) is 3.49. The van der Waals surface area contributed by atoms with Gasteiger partial charge in [-0.1, -0.05) is 6.07 Å². The van der Waals surface area contributed by atoms with Crippen LogP contribution in [0, 0.1) is 0 Å². The van der Waals surface area contributed by atoms with E-state index in [0.29, 0.717) is 0 Å². The molecule has 1 atom stereocenters. The average molecular weight is 154 g/mol. The molecule has 0 saturated carbocycles. The summed E-state index contributed by atoms with van der Waals surface area (Å²) in [7, 11) is 1.83. The largest absolute Gasteiger partial charge is 0.393 e. The molecule has 0 aromatic carbocycles. The Kier molecular flexibility index (Phi) is 2.57. The minimum atomic E-state index is -0.777. The van der Waals surface area contributed by atoms with Crippen molar-refractivity contribution in [1.82, 2.24) is 0 Å². The maximum absolute atomic E-state index is 9.24. The zero-order valence-corrected chi connectivity index (χ0v) is 6.44. The van der Waals surface area contributed by atoms with E-state index in [1.54, 1.807) is 10.6 Å². The third-order valence-corrected chi connectivity index (χ3v) is 1.61. The molecule has 0 saturated heterocycles. The normalized spacial score (nSPS) is 13.0. The van der Waals surface area contributed by atoms with Gasteiger partial charge >= 0.3 is 0 Å². The first-order chi connectivity index (χ1) is 5.25. The Morgan fingerprint density at radius 1 is 1.55 bits per heavy atom. The second-order valence-corrected chi connectivity index (χ2v) is 2.43. The molecule has 0 aliphatic heterocycles. The van der Waals surface area contributed by atoms with Gasteiger partial charge in [0, 0.05) is 12.1 Å². The van der Waals surface area contributed by atoms with Crippen LogP contribution in [-0.4, -0.2) is 16.8 Å². The van der Waals surface area contributed by atoms with Crippen molar-refractivity contribution in [2.75, 3.05) is 6.61 Å². The molecular weight excluding hydrogens is 142 g/mol. The van der Waals surface area contributed by atoms with Gasteiger partial charge in [0.15, 0.2) is 12.3 Å². The highest BCUT2D eigenvalue weighted by molar-refractivity contribution is 5.00. The summed E-state index contributed by atoms with van der Waals surface area (Å²) in [4.78, 5) is 0. The maximum atomic E-state index is 9.24. The summed E-state index contributed by atoms with van der Waals surface area (Å²) in [6, 6.07) is 5.47. The van der Waals surface area contributed by atoms with Gasteiger partial charge in [-0.3, -0.25) is 0 Å². The zero-order valence-electron chi connectivity index (χ0n) is 6.44. The lowest BCUT2D eigenvalue weighted by Crippen LogP contribution is -2.35. The van der Waals surface area contributed by atoms with E-state index in [4.69, 9.17) is 5.11 Å². The predicted molar refractivity (Wildman–Crippen MR) is 39.7 cm³/mol. The highest BCUT2D eigenvalue weighted by atomic mass is 16.3. The Morgan fingerprint density at radius 3 is 2.82 bits per heavy atom. The van der Waals surface area contributed by atoms with E-state index in [1.165, 1.54) is 0 Å². The molecule has 1 heterocycles. The maximum Gasteiger partial charge on any atom is 0.212 e. The van der Waals surface area contributed by atoms with Crippen molar-refractivity contribution in [1.29, 1.82) is 0 Å². The Hall–Kier alpha value is -0.930. The molecule has 2 N–H and O–H groups in total. The van der Waals surface area contributed by atoms with Crippen LogP contribution in [0.1, 0.15) is 11.8 Å². The summed E-state index contributed by atoms with van der Waals surface area (Å²) < 4.78 is 1.78. The van der Waals surface area contributed by atoms with Gasteiger partial charge in [0.05, 0.1) is 6.61 Å². The molecule has 0 amide bonds. The third kappa shape index (κ3) is 1.76. The van der Waals surface area contributed by atoms with Crippen LogP contribution in [0.4, 0.5) is 0 Å². The van der Waals surface area contributed by atoms with Crippen molar-refractivity contribution in [2.24, 2.45) is 7.05 Å². The number of aliphatic hydroxyl groups excluding tert-OH is 2. The Balaban J connectivity index is 2.93. The van der Waals surface area contributed by atoms with Gasteiger partial charge in [-0.2, -0.15) is 0 Å². The molecule has 0 fully saturated rings. The predicted octanol–water partition coefficient (Wildman–Crippen LogP) is -0.463. The standard InChI is InChI=1S/C8H12NO2/c1-9-5-3-2-4-7(9)8(11)6-10/h2-5,8,10-11H,6H2,1H3/q+1. The van der Waals surface area contributed by atoms with E-state index in [0.717, 1.165) is 5.69 Å². The molecule has 0 aliphatic rings. The summed E-state index contributed by atoms with van der Waals surface area (Å²) in [5.41, 5.74) is 0.718. The molecule has 0 aliphatic carbocycles. The van der Waals surface area contributed by atoms with E-state index in [2.05, 4.69) is 0 Å². The van der Waals surface area contributed by atoms with Crippen LogP contribution in [0.2, 0.25) is 0 Å². The number of hydrogen-bond donors (Lipinski definition) is 2. The fourth-order valence-electron chi connectivity index (χ4n) is 0.976. The summed E-state index contributed by atoms with van der Waals surface area (Å²) in [5.74, 6) is 0. The number of nitrogens with zero attached hydrogens (tertiary/aromatic N) is 1. The third-order valence-electron chi connectivity index (χ3n) is 1.61. The smallest absolute Gasteiger partial charge is 0.212 e. The van der Waals surface area contributed by atoms with Crippen molar-refractivity contribution >= 4 is 0 Å². The van der Waals surface area contributed by atoms with Crippen molar-refractivity contribution in [3.8, 4) is 0 Å². The first-order valence-electron chi connectivity index (χ1n) is 3.49. The minimum Gasteiger partial charge on any atom is -0.393 e. The van der Waals surface area contributed by atoms with E-state index in [1.807, 2.05) is 25.4 Å². The molecule has 60 valence electrons. The Morgan fingerprint density at radius 2 is 2.27 bits per heavy atom. The highest BCUT2D eigenvalue weighted by Gasteiger charge is 2.14. The molecule has 0 bridgehead atoms. The van der Waals surface area contributed by atoms with E-state index in [-0.39, 0.29) is 6.61 Å². The first kappa shape index (κ1) is 8.17. The number of aryl methyl sites for hydroxylation is 1. The number of pyridine rings is 1. The Labute approximate surface area is 65.5 Å². The van der Waals surface area contributed by atoms with Crippen molar-refractivity contribution < 1.29 is 14.8 Å². The van der Waals surface area contributed by atoms with Crippen LogP contribution in [0.3, 0.4) is 0 Å². The minimum absolute atomic E-state index is 0.238. The van der Waals surface area contributed by atoms with Gasteiger partial charge in [-0.25, -0.2) is 4.57 Å². The van der Waals surface area contributed by atoms with Gasteiger partial charge < -0.3 is 10.2 Å². The second-order valence-electron chi connectivity index (χ2n) is 2.43. The van der Waals surface area contributed by atoms with Crippen LogP contribution in [-0.2, 0) is 7.05 Å². The molecule has 1 unspecified atom stereocenters. The van der Waals surface area contributed by atoms with E-state index < -0.39 is 6.10 Å². The van der Waals surface area contributed by atoms with Crippen LogP contribution >= 0.6 is 0 Å². The topological polar surface area (TPSA) is 44.3 Å². The second kappa shape index (κ2) is 3.46. The van der Waals surface area contributed by atoms with Crippen LogP contribution < -0.4 is 4.57 Å². The summed E-state index contributed by atoms with van der Waals surface area (Å²) in [5, 5.41) is 17.9. The van der Waals surface area contributed by atoms with Gasteiger partial charge in [0.1, 0.15) is 7.05 Å². The number of rotatable bonds is 2. The fraction of sp³-hybridized carbons (Fsp3) is 0.375. The summed E-state index contributed by atoms with van der Waals surface area (Å²) >= 11 is 0. The molecule has 1 rings (SSSR count). The van der Waals surface area contributed by atoms with Crippen molar-refractivity contribution in [3.63, 3.8) is 0 Å². The fourth-order valence-corrected chi connectivity index (χ4v) is 0.976. The molecule has 0 spiro atoms. The SMILES string of the molecule is C[n+]1ccccc1C(O)CO. The molecule has 1 aromatic heterocycles. The molecule has 3 nitrogen and oxygen atoms in total. The highest BCUT2D eigenvalue weighted by Crippen LogP contribution is 2.04.